The number of nitrogens with two attached hydrogens (primary N) is 1. The highest BCUT2D eigenvalue weighted by molar-refractivity contribution is 5.20. The molecule has 1 aliphatic heterocycles. The van der Waals surface area contributed by atoms with Crippen molar-refractivity contribution in [3.8, 4) is 0 Å². The van der Waals surface area contributed by atoms with Gasteiger partial charge in [0, 0.05) is 12.1 Å². The third-order valence-electron chi connectivity index (χ3n) is 5.56. The predicted octanol–water partition coefficient (Wildman–Crippen LogP) is 3.73. The Morgan fingerprint density at radius 2 is 1.60 bits per heavy atom. The van der Waals surface area contributed by atoms with Crippen LogP contribution in [0.1, 0.15) is 57.1 Å². The van der Waals surface area contributed by atoms with Crippen LogP contribution in [0.3, 0.4) is 0 Å². The minimum atomic E-state index is 0.190. The first kappa shape index (κ1) is 14.1. The van der Waals surface area contributed by atoms with E-state index in [0.29, 0.717) is 11.5 Å². The number of benzene rings is 1. The van der Waals surface area contributed by atoms with E-state index in [0.717, 1.165) is 0 Å². The topological polar surface area (TPSA) is 29.3 Å². The average Bonchev–Trinajstić information content (AvgIpc) is 2.91. The van der Waals surface area contributed by atoms with Gasteiger partial charge >= 0.3 is 0 Å². The fraction of sp³-hybridized carbons (Fsp3) is 0.667. The molecule has 2 aliphatic rings. The molecule has 1 saturated heterocycles. The van der Waals surface area contributed by atoms with Gasteiger partial charge in [-0.05, 0) is 56.7 Å². The maximum Gasteiger partial charge on any atom is 0.0496 e. The average molecular weight is 272 g/mol. The summed E-state index contributed by atoms with van der Waals surface area (Å²) in [4.78, 5) is 2.63. The zero-order valence-corrected chi connectivity index (χ0v) is 12.7. The summed E-state index contributed by atoms with van der Waals surface area (Å²) in [6, 6.07) is 11.4. The van der Waals surface area contributed by atoms with E-state index in [9.17, 15) is 0 Å². The lowest BCUT2D eigenvalue weighted by atomic mass is 9.76. The molecular weight excluding hydrogens is 244 g/mol. The first-order valence-electron chi connectivity index (χ1n) is 8.25. The summed E-state index contributed by atoms with van der Waals surface area (Å²) in [6.07, 6.45) is 8.60. The molecular formula is C18H28N2. The highest BCUT2D eigenvalue weighted by atomic mass is 15.2. The number of rotatable bonds is 3. The molecule has 1 saturated carbocycles. The van der Waals surface area contributed by atoms with Crippen molar-refractivity contribution >= 4 is 0 Å². The smallest absolute Gasteiger partial charge is 0.0496 e. The second-order valence-corrected chi connectivity index (χ2v) is 6.96. The van der Waals surface area contributed by atoms with Crippen LogP contribution >= 0.6 is 0 Å². The Morgan fingerprint density at radius 3 is 2.15 bits per heavy atom. The minimum absolute atomic E-state index is 0.190. The molecule has 20 heavy (non-hydrogen) atoms. The number of piperidine rings is 1. The maximum atomic E-state index is 6.30. The van der Waals surface area contributed by atoms with Gasteiger partial charge in [0.25, 0.3) is 0 Å². The molecule has 2 nitrogen and oxygen atoms in total. The molecule has 0 aromatic heterocycles. The van der Waals surface area contributed by atoms with Crippen LogP contribution in [0, 0.1) is 5.41 Å². The van der Waals surface area contributed by atoms with E-state index in [2.05, 4.69) is 42.2 Å². The summed E-state index contributed by atoms with van der Waals surface area (Å²) in [5.74, 6) is 0. The Morgan fingerprint density at radius 1 is 1.00 bits per heavy atom. The third kappa shape index (κ3) is 2.77. The standard InChI is InChI=1S/C18H28N2/c1-15(19)17(16-7-3-2-4-8-16)20-13-11-18(12-14-20)9-5-6-10-18/h2-4,7-8,15,17H,5-6,9-14,19H2,1H3. The van der Waals surface area contributed by atoms with Gasteiger partial charge in [-0.2, -0.15) is 0 Å². The number of likely N-dealkylation sites (tertiary alicyclic amines) is 1. The van der Waals surface area contributed by atoms with Crippen LogP contribution in [0.2, 0.25) is 0 Å². The SMILES string of the molecule is CC(N)C(c1ccccc1)N1CCC2(CCCC2)CC1. The zero-order valence-electron chi connectivity index (χ0n) is 12.7. The molecule has 2 N–H and O–H groups in total. The molecule has 1 aromatic rings. The van der Waals surface area contributed by atoms with Crippen molar-refractivity contribution in [1.29, 1.82) is 0 Å². The van der Waals surface area contributed by atoms with E-state index < -0.39 is 0 Å². The summed E-state index contributed by atoms with van der Waals surface area (Å²) < 4.78 is 0. The second kappa shape index (κ2) is 5.87. The number of hydrogen-bond acceptors (Lipinski definition) is 2. The fourth-order valence-corrected chi connectivity index (χ4v) is 4.40. The van der Waals surface area contributed by atoms with Crippen LogP contribution < -0.4 is 5.73 Å². The van der Waals surface area contributed by atoms with Crippen LogP contribution in [0.4, 0.5) is 0 Å². The van der Waals surface area contributed by atoms with Gasteiger partial charge in [-0.25, -0.2) is 0 Å². The summed E-state index contributed by atoms with van der Waals surface area (Å²) in [5, 5.41) is 0. The highest BCUT2D eigenvalue weighted by Crippen LogP contribution is 2.47. The summed E-state index contributed by atoms with van der Waals surface area (Å²) in [6.45, 7) is 4.60. The van der Waals surface area contributed by atoms with Gasteiger partial charge in [0.15, 0.2) is 0 Å². The van der Waals surface area contributed by atoms with Gasteiger partial charge in [-0.15, -0.1) is 0 Å². The quantitative estimate of drug-likeness (QED) is 0.908. The van der Waals surface area contributed by atoms with Gasteiger partial charge in [-0.3, -0.25) is 4.90 Å². The van der Waals surface area contributed by atoms with Crippen LogP contribution in [0.5, 0.6) is 0 Å². The predicted molar refractivity (Wildman–Crippen MR) is 84.5 cm³/mol. The molecule has 2 fully saturated rings. The summed E-state index contributed by atoms with van der Waals surface area (Å²) >= 11 is 0. The molecule has 2 atom stereocenters. The molecule has 0 radical (unpaired) electrons. The van der Waals surface area contributed by atoms with Crippen LogP contribution in [-0.4, -0.2) is 24.0 Å². The van der Waals surface area contributed by atoms with Crippen LogP contribution in [0.25, 0.3) is 0 Å². The Hall–Kier alpha value is -0.860. The Kier molecular flexibility index (Phi) is 4.13. The lowest BCUT2D eigenvalue weighted by molar-refractivity contribution is 0.0677. The zero-order chi connectivity index (χ0) is 14.0. The molecule has 110 valence electrons. The molecule has 1 spiro atoms. The van der Waals surface area contributed by atoms with Gasteiger partial charge in [0.2, 0.25) is 0 Å². The summed E-state index contributed by atoms with van der Waals surface area (Å²) in [5.41, 5.74) is 8.37. The van der Waals surface area contributed by atoms with Crippen LogP contribution in [0.15, 0.2) is 30.3 Å². The van der Waals surface area contributed by atoms with E-state index in [1.165, 1.54) is 57.2 Å². The second-order valence-electron chi connectivity index (χ2n) is 6.96. The van der Waals surface area contributed by atoms with E-state index in [1.807, 2.05) is 0 Å². The van der Waals surface area contributed by atoms with E-state index in [4.69, 9.17) is 5.73 Å². The normalized spacial score (nSPS) is 25.7. The van der Waals surface area contributed by atoms with Crippen molar-refractivity contribution in [2.45, 2.75) is 57.5 Å². The Labute approximate surface area is 123 Å². The maximum absolute atomic E-state index is 6.30. The Bertz CT molecular complexity index is 410. The van der Waals surface area contributed by atoms with Crippen molar-refractivity contribution in [3.63, 3.8) is 0 Å². The molecule has 2 unspecified atom stereocenters. The molecule has 0 amide bonds. The molecule has 1 aliphatic carbocycles. The largest absolute Gasteiger partial charge is 0.326 e. The van der Waals surface area contributed by atoms with Gasteiger partial charge in [-0.1, -0.05) is 43.2 Å². The van der Waals surface area contributed by atoms with Crippen molar-refractivity contribution in [2.75, 3.05) is 13.1 Å². The first-order valence-corrected chi connectivity index (χ1v) is 8.25. The van der Waals surface area contributed by atoms with Gasteiger partial charge < -0.3 is 5.73 Å². The van der Waals surface area contributed by atoms with Crippen LogP contribution in [-0.2, 0) is 0 Å². The van der Waals surface area contributed by atoms with E-state index >= 15 is 0 Å². The van der Waals surface area contributed by atoms with Crippen molar-refractivity contribution < 1.29 is 0 Å². The van der Waals surface area contributed by atoms with Crippen molar-refractivity contribution in [1.82, 2.24) is 4.90 Å². The first-order chi connectivity index (χ1) is 9.70. The molecule has 3 rings (SSSR count). The molecule has 2 heteroatoms. The monoisotopic (exact) mass is 272 g/mol. The molecule has 1 heterocycles. The number of hydrogen-bond donors (Lipinski definition) is 1. The van der Waals surface area contributed by atoms with Gasteiger partial charge in [0.1, 0.15) is 0 Å². The lowest BCUT2D eigenvalue weighted by Gasteiger charge is -2.44. The van der Waals surface area contributed by atoms with Crippen molar-refractivity contribution in [3.05, 3.63) is 35.9 Å². The third-order valence-corrected chi connectivity index (χ3v) is 5.56. The van der Waals surface area contributed by atoms with E-state index in [1.54, 1.807) is 0 Å². The fourth-order valence-electron chi connectivity index (χ4n) is 4.40. The number of nitrogens with zero attached hydrogens (tertiary/aromatic N) is 1. The van der Waals surface area contributed by atoms with Gasteiger partial charge in [0.05, 0.1) is 0 Å². The Balaban J connectivity index is 1.71. The van der Waals surface area contributed by atoms with E-state index in [-0.39, 0.29) is 6.04 Å². The molecule has 1 aromatic carbocycles. The molecule has 0 bridgehead atoms. The minimum Gasteiger partial charge on any atom is -0.326 e. The highest BCUT2D eigenvalue weighted by Gasteiger charge is 2.39. The summed E-state index contributed by atoms with van der Waals surface area (Å²) in [7, 11) is 0. The lowest BCUT2D eigenvalue weighted by Crippen LogP contribution is -2.46. The van der Waals surface area contributed by atoms with Crippen molar-refractivity contribution in [2.24, 2.45) is 11.1 Å².